The van der Waals surface area contributed by atoms with Gasteiger partial charge in [-0.25, -0.2) is 4.98 Å². The first kappa shape index (κ1) is 20.5. The first-order valence-corrected chi connectivity index (χ1v) is 9.09. The summed E-state index contributed by atoms with van der Waals surface area (Å²) in [5.41, 5.74) is 0. The van der Waals surface area contributed by atoms with Crippen molar-refractivity contribution in [1.29, 1.82) is 0 Å². The largest absolute Gasteiger partial charge is 0.493 e. The van der Waals surface area contributed by atoms with Crippen LogP contribution in [0.15, 0.2) is 49.1 Å². The van der Waals surface area contributed by atoms with Crippen LogP contribution in [0.5, 0.6) is 5.75 Å². The summed E-state index contributed by atoms with van der Waals surface area (Å²) >= 11 is 0. The second kappa shape index (κ2) is 11.0. The Balaban J connectivity index is 1.85. The number of benzene rings is 1. The second-order valence-electron chi connectivity index (χ2n) is 6.33. The number of carbonyl (C=O) groups is 2. The minimum absolute atomic E-state index is 0.0349. The molecule has 7 heteroatoms. The van der Waals surface area contributed by atoms with E-state index in [4.69, 9.17) is 9.47 Å². The Morgan fingerprint density at radius 2 is 2.04 bits per heavy atom. The molecule has 0 fully saturated rings. The number of esters is 1. The van der Waals surface area contributed by atoms with Crippen LogP contribution in [0.25, 0.3) is 0 Å². The predicted molar refractivity (Wildman–Crippen MR) is 101 cm³/mol. The van der Waals surface area contributed by atoms with Gasteiger partial charge in [0.1, 0.15) is 5.75 Å². The monoisotopic (exact) mass is 373 g/mol. The van der Waals surface area contributed by atoms with Crippen molar-refractivity contribution in [2.75, 3.05) is 26.8 Å². The van der Waals surface area contributed by atoms with Crippen LogP contribution in [0.3, 0.4) is 0 Å². The maximum atomic E-state index is 12.6. The smallest absolute Gasteiger partial charge is 0.310 e. The number of imidazole rings is 1. The summed E-state index contributed by atoms with van der Waals surface area (Å²) in [6.45, 7) is 3.72. The van der Waals surface area contributed by atoms with Crippen LogP contribution in [0.1, 0.15) is 19.8 Å². The van der Waals surface area contributed by atoms with E-state index in [2.05, 4.69) is 4.98 Å². The summed E-state index contributed by atoms with van der Waals surface area (Å²) in [5.74, 6) is 0.0115. The summed E-state index contributed by atoms with van der Waals surface area (Å²) in [5, 5.41) is 0. The van der Waals surface area contributed by atoms with E-state index in [1.165, 1.54) is 7.11 Å². The topological polar surface area (TPSA) is 73.7 Å². The standard InChI is InChI=1S/C20H27N3O4/c1-17(20(25)26-2)15-23(12-6-11-22-13-10-21-16-22)19(24)9-14-27-18-7-4-3-5-8-18/h3-5,7-8,10,13,16-17H,6,9,11-12,14-15H2,1-2H3. The van der Waals surface area contributed by atoms with Crippen molar-refractivity contribution >= 4 is 11.9 Å². The van der Waals surface area contributed by atoms with Crippen molar-refractivity contribution in [3.05, 3.63) is 49.1 Å². The molecular weight excluding hydrogens is 346 g/mol. The Kier molecular flexibility index (Phi) is 8.35. The van der Waals surface area contributed by atoms with Crippen molar-refractivity contribution in [3.8, 4) is 5.75 Å². The molecule has 1 unspecified atom stereocenters. The van der Waals surface area contributed by atoms with Gasteiger partial charge in [0.25, 0.3) is 0 Å². The molecule has 1 aromatic carbocycles. The number of carbonyl (C=O) groups excluding carboxylic acids is 2. The molecule has 2 rings (SSSR count). The number of para-hydroxylation sites is 1. The predicted octanol–water partition coefficient (Wildman–Crippen LogP) is 2.38. The molecule has 0 N–H and O–H groups in total. The summed E-state index contributed by atoms with van der Waals surface area (Å²) in [6.07, 6.45) is 6.39. The molecule has 0 saturated carbocycles. The fourth-order valence-corrected chi connectivity index (χ4v) is 2.72. The normalized spacial score (nSPS) is 11.6. The van der Waals surface area contributed by atoms with E-state index in [0.29, 0.717) is 19.7 Å². The fourth-order valence-electron chi connectivity index (χ4n) is 2.72. The minimum atomic E-state index is -0.373. The Morgan fingerprint density at radius 1 is 1.26 bits per heavy atom. The number of hydrogen-bond acceptors (Lipinski definition) is 5. The van der Waals surface area contributed by atoms with Gasteiger partial charge in [0, 0.05) is 32.0 Å². The molecule has 1 atom stereocenters. The third-order valence-electron chi connectivity index (χ3n) is 4.18. The summed E-state index contributed by atoms with van der Waals surface area (Å²) in [6, 6.07) is 9.39. The highest BCUT2D eigenvalue weighted by Gasteiger charge is 2.21. The average molecular weight is 373 g/mol. The van der Waals surface area contributed by atoms with Crippen LogP contribution in [-0.2, 0) is 20.9 Å². The lowest BCUT2D eigenvalue weighted by Gasteiger charge is -2.25. The van der Waals surface area contributed by atoms with E-state index < -0.39 is 0 Å². The third-order valence-corrected chi connectivity index (χ3v) is 4.18. The number of amides is 1. The van der Waals surface area contributed by atoms with E-state index in [9.17, 15) is 9.59 Å². The molecule has 27 heavy (non-hydrogen) atoms. The Morgan fingerprint density at radius 3 is 2.70 bits per heavy atom. The van der Waals surface area contributed by atoms with Gasteiger partial charge in [-0.1, -0.05) is 25.1 Å². The molecule has 2 aromatic rings. The zero-order valence-corrected chi connectivity index (χ0v) is 15.9. The van der Waals surface area contributed by atoms with E-state index in [1.807, 2.05) is 41.1 Å². The molecule has 1 heterocycles. The molecule has 0 aliphatic rings. The number of methoxy groups -OCH3 is 1. The molecule has 0 aliphatic carbocycles. The Hall–Kier alpha value is -2.83. The van der Waals surface area contributed by atoms with E-state index >= 15 is 0 Å². The molecule has 0 saturated heterocycles. The van der Waals surface area contributed by atoms with Crippen molar-refractivity contribution in [2.45, 2.75) is 26.3 Å². The van der Waals surface area contributed by atoms with Crippen molar-refractivity contribution in [2.24, 2.45) is 5.92 Å². The van der Waals surface area contributed by atoms with Gasteiger partial charge in [-0.15, -0.1) is 0 Å². The lowest BCUT2D eigenvalue weighted by atomic mass is 10.1. The number of nitrogens with zero attached hydrogens (tertiary/aromatic N) is 3. The molecular formula is C20H27N3O4. The van der Waals surface area contributed by atoms with Gasteiger partial charge in [0.2, 0.25) is 5.91 Å². The van der Waals surface area contributed by atoms with Crippen LogP contribution >= 0.6 is 0 Å². The molecule has 0 aliphatic heterocycles. The molecule has 0 bridgehead atoms. The zero-order chi connectivity index (χ0) is 19.5. The molecule has 0 radical (unpaired) electrons. The van der Waals surface area contributed by atoms with Gasteiger partial charge in [-0.05, 0) is 18.6 Å². The van der Waals surface area contributed by atoms with Crippen LogP contribution in [0.4, 0.5) is 0 Å². The number of aryl methyl sites for hydroxylation is 1. The highest BCUT2D eigenvalue weighted by molar-refractivity contribution is 5.78. The number of ether oxygens (including phenoxy) is 2. The highest BCUT2D eigenvalue weighted by atomic mass is 16.5. The van der Waals surface area contributed by atoms with E-state index in [0.717, 1.165) is 18.7 Å². The highest BCUT2D eigenvalue weighted by Crippen LogP contribution is 2.10. The maximum Gasteiger partial charge on any atom is 0.310 e. The van der Waals surface area contributed by atoms with Gasteiger partial charge in [0.05, 0.1) is 32.4 Å². The summed E-state index contributed by atoms with van der Waals surface area (Å²) in [4.78, 5) is 30.1. The third kappa shape index (κ3) is 7.13. The van der Waals surface area contributed by atoms with Crippen molar-refractivity contribution in [1.82, 2.24) is 14.5 Å². The maximum absolute atomic E-state index is 12.6. The van der Waals surface area contributed by atoms with Gasteiger partial charge >= 0.3 is 5.97 Å². The molecule has 146 valence electrons. The summed E-state index contributed by atoms with van der Waals surface area (Å²) in [7, 11) is 1.36. The van der Waals surface area contributed by atoms with Gasteiger partial charge in [0.15, 0.2) is 0 Å². The van der Waals surface area contributed by atoms with Crippen LogP contribution in [-0.4, -0.2) is 53.1 Å². The van der Waals surface area contributed by atoms with Gasteiger partial charge < -0.3 is 18.9 Å². The quantitative estimate of drug-likeness (QED) is 0.566. The molecule has 7 nitrogen and oxygen atoms in total. The Bertz CT molecular complexity index is 689. The molecule has 0 spiro atoms. The van der Waals surface area contributed by atoms with Crippen LogP contribution in [0, 0.1) is 5.92 Å². The number of rotatable bonds is 11. The summed E-state index contributed by atoms with van der Waals surface area (Å²) < 4.78 is 12.4. The lowest BCUT2D eigenvalue weighted by molar-refractivity contribution is -0.146. The average Bonchev–Trinajstić information content (AvgIpc) is 3.20. The van der Waals surface area contributed by atoms with Crippen molar-refractivity contribution < 1.29 is 19.1 Å². The number of aromatic nitrogens is 2. The van der Waals surface area contributed by atoms with Crippen LogP contribution < -0.4 is 4.74 Å². The lowest BCUT2D eigenvalue weighted by Crippen LogP contribution is -2.38. The van der Waals surface area contributed by atoms with Gasteiger partial charge in [-0.3, -0.25) is 9.59 Å². The molecule has 1 amide bonds. The van der Waals surface area contributed by atoms with Gasteiger partial charge in [-0.2, -0.15) is 0 Å². The fraction of sp³-hybridized carbons (Fsp3) is 0.450. The first-order valence-electron chi connectivity index (χ1n) is 9.09. The van der Waals surface area contributed by atoms with E-state index in [-0.39, 0.29) is 24.2 Å². The Labute approximate surface area is 159 Å². The SMILES string of the molecule is COC(=O)C(C)CN(CCCn1ccnc1)C(=O)CCOc1ccccc1. The van der Waals surface area contributed by atoms with Crippen molar-refractivity contribution in [3.63, 3.8) is 0 Å². The first-order chi connectivity index (χ1) is 13.1. The number of hydrogen-bond donors (Lipinski definition) is 0. The van der Waals surface area contributed by atoms with Crippen LogP contribution in [0.2, 0.25) is 0 Å². The van der Waals surface area contributed by atoms with E-state index in [1.54, 1.807) is 24.3 Å². The second-order valence-corrected chi connectivity index (χ2v) is 6.33. The molecule has 1 aromatic heterocycles. The minimum Gasteiger partial charge on any atom is -0.493 e. The zero-order valence-electron chi connectivity index (χ0n) is 15.9.